The van der Waals surface area contributed by atoms with E-state index in [1.165, 1.54) is 30.3 Å². The van der Waals surface area contributed by atoms with E-state index in [2.05, 4.69) is 9.97 Å². The topological polar surface area (TPSA) is 105 Å². The molecule has 0 radical (unpaired) electrons. The SMILES string of the molecule is CCc1coc(CSc2nc3c(c(=O)n(C)c(=O)n3C)n2Cc2ccc(C(C)=O)cc2)n1. The number of oxazole rings is 1. The Labute approximate surface area is 187 Å². The molecule has 0 aliphatic rings. The van der Waals surface area contributed by atoms with Crippen molar-refractivity contribution >= 4 is 28.7 Å². The second-order valence-electron chi connectivity index (χ2n) is 7.49. The van der Waals surface area contributed by atoms with E-state index in [0.29, 0.717) is 40.1 Å². The number of thioether (sulfide) groups is 1. The molecule has 3 aromatic heterocycles. The summed E-state index contributed by atoms with van der Waals surface area (Å²) in [5, 5.41) is 0.574. The highest BCUT2D eigenvalue weighted by molar-refractivity contribution is 7.98. The first-order valence-electron chi connectivity index (χ1n) is 10.1. The standard InChI is InChI=1S/C22H23N5O4S/c1-5-16-11-31-17(23-16)12-32-21-24-19-18(20(29)26(4)22(30)25(19)3)27(21)10-14-6-8-15(9-7-14)13(2)28/h6-9,11H,5,10,12H2,1-4H3. The number of Topliss-reactive ketones (excluding diaryl/α,β-unsaturated/α-hetero) is 1. The maximum absolute atomic E-state index is 13.0. The maximum Gasteiger partial charge on any atom is 0.332 e. The normalized spacial score (nSPS) is 11.4. The van der Waals surface area contributed by atoms with Gasteiger partial charge in [-0.15, -0.1) is 0 Å². The molecule has 4 rings (SSSR count). The lowest BCUT2D eigenvalue weighted by Crippen LogP contribution is -2.37. The van der Waals surface area contributed by atoms with Crippen LogP contribution in [0.3, 0.4) is 0 Å². The number of fused-ring (bicyclic) bond motifs is 1. The minimum absolute atomic E-state index is 0.0119. The van der Waals surface area contributed by atoms with E-state index in [-0.39, 0.29) is 5.78 Å². The number of carbonyl (C=O) groups is 1. The van der Waals surface area contributed by atoms with Crippen molar-refractivity contribution in [3.63, 3.8) is 0 Å². The summed E-state index contributed by atoms with van der Waals surface area (Å²) in [4.78, 5) is 46.0. The Bertz CT molecular complexity index is 1430. The summed E-state index contributed by atoms with van der Waals surface area (Å²) in [6.45, 7) is 3.88. The molecule has 0 saturated heterocycles. The quantitative estimate of drug-likeness (QED) is 0.313. The van der Waals surface area contributed by atoms with Gasteiger partial charge in [-0.2, -0.15) is 0 Å². The molecule has 0 aliphatic carbocycles. The highest BCUT2D eigenvalue weighted by Crippen LogP contribution is 2.26. The highest BCUT2D eigenvalue weighted by Gasteiger charge is 2.20. The largest absolute Gasteiger partial charge is 0.448 e. The van der Waals surface area contributed by atoms with Gasteiger partial charge in [-0.25, -0.2) is 14.8 Å². The lowest BCUT2D eigenvalue weighted by atomic mass is 10.1. The number of imidazole rings is 1. The molecule has 0 N–H and O–H groups in total. The van der Waals surface area contributed by atoms with E-state index in [1.54, 1.807) is 30.0 Å². The van der Waals surface area contributed by atoms with E-state index >= 15 is 0 Å². The fourth-order valence-electron chi connectivity index (χ4n) is 3.41. The monoisotopic (exact) mass is 453 g/mol. The average Bonchev–Trinajstić information content (AvgIpc) is 3.40. The first kappa shape index (κ1) is 21.8. The van der Waals surface area contributed by atoms with Crippen LogP contribution in [0.15, 0.2) is 49.7 Å². The lowest BCUT2D eigenvalue weighted by Gasteiger charge is -2.10. The molecule has 0 aliphatic heterocycles. The van der Waals surface area contributed by atoms with E-state index in [9.17, 15) is 14.4 Å². The summed E-state index contributed by atoms with van der Waals surface area (Å²) in [7, 11) is 3.05. The fourth-order valence-corrected chi connectivity index (χ4v) is 4.26. The van der Waals surface area contributed by atoms with Crippen molar-refractivity contribution in [3.05, 3.63) is 74.1 Å². The molecule has 9 nitrogen and oxygen atoms in total. The van der Waals surface area contributed by atoms with Crippen LogP contribution in [0.4, 0.5) is 0 Å². The predicted octanol–water partition coefficient (Wildman–Crippen LogP) is 2.53. The van der Waals surface area contributed by atoms with Gasteiger partial charge in [0, 0.05) is 19.7 Å². The Balaban J connectivity index is 1.79. The van der Waals surface area contributed by atoms with E-state index in [4.69, 9.17) is 4.42 Å². The molecule has 0 amide bonds. The Morgan fingerprint density at radius 2 is 1.81 bits per heavy atom. The van der Waals surface area contributed by atoms with Gasteiger partial charge >= 0.3 is 5.69 Å². The zero-order valence-electron chi connectivity index (χ0n) is 18.3. The van der Waals surface area contributed by atoms with Crippen LogP contribution in [0.1, 0.15) is 41.4 Å². The van der Waals surface area contributed by atoms with Crippen molar-refractivity contribution in [1.82, 2.24) is 23.7 Å². The van der Waals surface area contributed by atoms with Gasteiger partial charge < -0.3 is 8.98 Å². The Kier molecular flexibility index (Phi) is 5.88. The summed E-state index contributed by atoms with van der Waals surface area (Å²) in [6.07, 6.45) is 2.41. The number of ketones is 1. The van der Waals surface area contributed by atoms with Gasteiger partial charge in [-0.3, -0.25) is 18.7 Å². The third-order valence-corrected chi connectivity index (χ3v) is 6.26. The van der Waals surface area contributed by atoms with Crippen molar-refractivity contribution in [1.29, 1.82) is 0 Å². The molecule has 0 bridgehead atoms. The maximum atomic E-state index is 13.0. The molecule has 10 heteroatoms. The number of aryl methyl sites for hydroxylation is 2. The summed E-state index contributed by atoms with van der Waals surface area (Å²) >= 11 is 1.38. The third-order valence-electron chi connectivity index (χ3n) is 5.30. The van der Waals surface area contributed by atoms with Crippen LogP contribution in [0, 0.1) is 0 Å². The van der Waals surface area contributed by atoms with Crippen LogP contribution >= 0.6 is 11.8 Å². The Morgan fingerprint density at radius 3 is 2.44 bits per heavy atom. The van der Waals surface area contributed by atoms with Gasteiger partial charge in [0.25, 0.3) is 5.56 Å². The van der Waals surface area contributed by atoms with Crippen LogP contribution in [0.5, 0.6) is 0 Å². The van der Waals surface area contributed by atoms with Gasteiger partial charge in [0.15, 0.2) is 22.1 Å². The number of rotatable bonds is 7. The Morgan fingerprint density at radius 1 is 1.09 bits per heavy atom. The summed E-state index contributed by atoms with van der Waals surface area (Å²) in [5.41, 5.74) is 2.21. The van der Waals surface area contributed by atoms with Gasteiger partial charge in [0.2, 0.25) is 5.89 Å². The smallest absolute Gasteiger partial charge is 0.332 e. The number of benzene rings is 1. The van der Waals surface area contributed by atoms with Crippen molar-refractivity contribution in [2.24, 2.45) is 14.1 Å². The fraction of sp³-hybridized carbons (Fsp3) is 0.318. The van der Waals surface area contributed by atoms with Crippen molar-refractivity contribution in [3.8, 4) is 0 Å². The second kappa shape index (κ2) is 8.62. The van der Waals surface area contributed by atoms with Crippen LogP contribution < -0.4 is 11.2 Å². The molecular weight excluding hydrogens is 430 g/mol. The van der Waals surface area contributed by atoms with Gasteiger partial charge in [0.05, 0.1) is 18.0 Å². The molecular formula is C22H23N5O4S. The zero-order valence-corrected chi connectivity index (χ0v) is 19.1. The molecule has 0 fully saturated rings. The lowest BCUT2D eigenvalue weighted by molar-refractivity contribution is 0.101. The molecule has 4 aromatic rings. The molecule has 0 unspecified atom stereocenters. The number of nitrogens with zero attached hydrogens (tertiary/aromatic N) is 5. The number of aromatic nitrogens is 5. The number of hydrogen-bond donors (Lipinski definition) is 0. The van der Waals surface area contributed by atoms with Crippen molar-refractivity contribution < 1.29 is 9.21 Å². The molecule has 166 valence electrons. The summed E-state index contributed by atoms with van der Waals surface area (Å²) < 4.78 is 9.76. The van der Waals surface area contributed by atoms with Crippen LogP contribution in [-0.2, 0) is 32.8 Å². The van der Waals surface area contributed by atoms with Gasteiger partial charge in [-0.1, -0.05) is 43.0 Å². The summed E-state index contributed by atoms with van der Waals surface area (Å²) in [5.74, 6) is 0.987. The van der Waals surface area contributed by atoms with Crippen molar-refractivity contribution in [2.45, 2.75) is 37.7 Å². The van der Waals surface area contributed by atoms with Gasteiger partial charge in [-0.05, 0) is 18.9 Å². The average molecular weight is 454 g/mol. The van der Waals surface area contributed by atoms with Crippen LogP contribution in [0.2, 0.25) is 0 Å². The number of carbonyl (C=O) groups excluding carboxylic acids is 1. The molecule has 3 heterocycles. The third kappa shape index (κ3) is 3.93. The molecule has 32 heavy (non-hydrogen) atoms. The molecule has 0 saturated carbocycles. The first-order chi connectivity index (χ1) is 15.3. The van der Waals surface area contributed by atoms with Crippen LogP contribution in [0.25, 0.3) is 11.2 Å². The zero-order chi connectivity index (χ0) is 23.0. The minimum Gasteiger partial charge on any atom is -0.448 e. The Hall–Kier alpha value is -3.40. The van der Waals surface area contributed by atoms with E-state index < -0.39 is 11.2 Å². The number of hydrogen-bond acceptors (Lipinski definition) is 7. The second-order valence-corrected chi connectivity index (χ2v) is 8.43. The highest BCUT2D eigenvalue weighted by atomic mass is 32.2. The van der Waals surface area contributed by atoms with E-state index in [0.717, 1.165) is 22.2 Å². The predicted molar refractivity (Wildman–Crippen MR) is 121 cm³/mol. The molecule has 1 aromatic carbocycles. The molecule has 0 atom stereocenters. The summed E-state index contributed by atoms with van der Waals surface area (Å²) in [6, 6.07) is 7.23. The van der Waals surface area contributed by atoms with Crippen LogP contribution in [-0.4, -0.2) is 29.5 Å². The molecule has 0 spiro atoms. The van der Waals surface area contributed by atoms with Gasteiger partial charge in [0.1, 0.15) is 6.26 Å². The first-order valence-corrected chi connectivity index (χ1v) is 11.1. The van der Waals surface area contributed by atoms with E-state index in [1.807, 2.05) is 19.1 Å². The minimum atomic E-state index is -0.435. The van der Waals surface area contributed by atoms with Crippen molar-refractivity contribution in [2.75, 3.05) is 0 Å².